The lowest BCUT2D eigenvalue weighted by atomic mass is 10.1. The van der Waals surface area contributed by atoms with Crippen molar-refractivity contribution in [3.8, 4) is 0 Å². The molecular formula is C18H34N2. The van der Waals surface area contributed by atoms with Crippen LogP contribution in [0.25, 0.3) is 0 Å². The first kappa shape index (κ1) is 14.8. The molecule has 2 unspecified atom stereocenters. The highest BCUT2D eigenvalue weighted by Crippen LogP contribution is 2.52. The largest absolute Gasteiger partial charge is 0.300 e. The first-order valence-electron chi connectivity index (χ1n) is 8.99. The van der Waals surface area contributed by atoms with Gasteiger partial charge in [0.05, 0.1) is 0 Å². The summed E-state index contributed by atoms with van der Waals surface area (Å²) in [5, 5.41) is 0. The number of hydrogen-bond donors (Lipinski definition) is 0. The predicted molar refractivity (Wildman–Crippen MR) is 86.0 cm³/mol. The summed E-state index contributed by atoms with van der Waals surface area (Å²) in [4.78, 5) is 5.29. The van der Waals surface area contributed by atoms with Crippen LogP contribution in [0.1, 0.15) is 66.2 Å². The maximum atomic E-state index is 2.67. The molecule has 0 N–H and O–H groups in total. The van der Waals surface area contributed by atoms with Gasteiger partial charge in [-0.1, -0.05) is 0 Å². The van der Waals surface area contributed by atoms with Crippen LogP contribution in [-0.2, 0) is 0 Å². The van der Waals surface area contributed by atoms with Crippen LogP contribution in [0.2, 0.25) is 0 Å². The van der Waals surface area contributed by atoms with Crippen molar-refractivity contribution in [1.82, 2.24) is 9.80 Å². The third-order valence-corrected chi connectivity index (χ3v) is 6.27. The van der Waals surface area contributed by atoms with Crippen molar-refractivity contribution in [2.75, 3.05) is 19.6 Å². The summed E-state index contributed by atoms with van der Waals surface area (Å²) in [6.45, 7) is 13.4. The van der Waals surface area contributed by atoms with Gasteiger partial charge in [-0.05, 0) is 84.1 Å². The molecule has 0 aromatic rings. The Hall–Kier alpha value is -0.0800. The summed E-state index contributed by atoms with van der Waals surface area (Å²) in [7, 11) is 0. The predicted octanol–water partition coefficient (Wildman–Crippen LogP) is 3.76. The van der Waals surface area contributed by atoms with E-state index in [1.54, 1.807) is 0 Å². The van der Waals surface area contributed by atoms with Gasteiger partial charge < -0.3 is 4.90 Å². The van der Waals surface area contributed by atoms with E-state index < -0.39 is 0 Å². The summed E-state index contributed by atoms with van der Waals surface area (Å²) in [5.74, 6) is 1.06. The van der Waals surface area contributed by atoms with Crippen LogP contribution in [0.3, 0.4) is 0 Å². The molecule has 4 fully saturated rings. The fraction of sp³-hybridized carbons (Fsp3) is 1.00. The smallest absolute Gasteiger partial charge is 0.0101 e. The number of nitrogens with zero attached hydrogens (tertiary/aromatic N) is 2. The van der Waals surface area contributed by atoms with E-state index in [9.17, 15) is 0 Å². The summed E-state index contributed by atoms with van der Waals surface area (Å²) < 4.78 is 0. The summed E-state index contributed by atoms with van der Waals surface area (Å²) >= 11 is 0. The number of fused-ring (bicyclic) bond motifs is 2. The molecule has 116 valence electrons. The molecule has 2 heterocycles. The molecule has 0 radical (unpaired) electrons. The van der Waals surface area contributed by atoms with E-state index in [-0.39, 0.29) is 0 Å². The lowest BCUT2D eigenvalue weighted by Crippen LogP contribution is -2.37. The Balaban J connectivity index is 0.000000121. The van der Waals surface area contributed by atoms with Crippen molar-refractivity contribution in [1.29, 1.82) is 0 Å². The second-order valence-electron chi connectivity index (χ2n) is 8.44. The summed E-state index contributed by atoms with van der Waals surface area (Å²) in [6, 6.07) is 2.53. The number of piperidine rings is 1. The normalized spacial score (nSPS) is 35.1. The Labute approximate surface area is 125 Å². The molecule has 20 heavy (non-hydrogen) atoms. The van der Waals surface area contributed by atoms with Gasteiger partial charge in [-0.25, -0.2) is 0 Å². The third kappa shape index (κ3) is 3.06. The van der Waals surface area contributed by atoms with E-state index in [1.165, 1.54) is 58.2 Å². The molecular weight excluding hydrogens is 244 g/mol. The Morgan fingerprint density at radius 2 is 1.70 bits per heavy atom. The zero-order chi connectivity index (χ0) is 14.3. The topological polar surface area (TPSA) is 6.48 Å². The minimum Gasteiger partial charge on any atom is -0.300 e. The molecule has 4 aliphatic rings. The van der Waals surface area contributed by atoms with Crippen LogP contribution < -0.4 is 0 Å². The number of likely N-dealkylation sites (tertiary alicyclic amines) is 2. The Bertz CT molecular complexity index is 332. The van der Waals surface area contributed by atoms with Gasteiger partial charge in [0.25, 0.3) is 0 Å². The Kier molecular flexibility index (Phi) is 4.16. The number of rotatable bonds is 2. The van der Waals surface area contributed by atoms with Crippen molar-refractivity contribution in [2.45, 2.75) is 84.3 Å². The molecule has 0 aromatic heterocycles. The molecule has 2 nitrogen and oxygen atoms in total. The monoisotopic (exact) mass is 278 g/mol. The fourth-order valence-corrected chi connectivity index (χ4v) is 4.59. The van der Waals surface area contributed by atoms with Gasteiger partial charge in [-0.3, -0.25) is 4.90 Å². The van der Waals surface area contributed by atoms with Crippen LogP contribution in [0.5, 0.6) is 0 Å². The standard InChI is InChI=1S/2C9H17N/c1-7(2)10-6-8-3-4-9(10)5-8;1-8(2)10-6-5-9(7-10)3-4-9/h7-9H,3-6H2,1-2H3;8H,3-7H2,1-2H3. The first-order chi connectivity index (χ1) is 9.49. The molecule has 0 amide bonds. The molecule has 2 aliphatic carbocycles. The highest BCUT2D eigenvalue weighted by atomic mass is 15.2. The Morgan fingerprint density at radius 3 is 2.00 bits per heavy atom. The summed E-state index contributed by atoms with van der Waals surface area (Å²) in [5.41, 5.74) is 0.824. The van der Waals surface area contributed by atoms with E-state index >= 15 is 0 Å². The zero-order valence-electron chi connectivity index (χ0n) is 14.1. The van der Waals surface area contributed by atoms with E-state index in [0.29, 0.717) is 0 Å². The van der Waals surface area contributed by atoms with E-state index in [0.717, 1.165) is 29.5 Å². The molecule has 4 rings (SSSR count). The highest BCUT2D eigenvalue weighted by molar-refractivity contribution is 5.00. The van der Waals surface area contributed by atoms with Gasteiger partial charge in [0.15, 0.2) is 0 Å². The molecule has 2 saturated heterocycles. The minimum atomic E-state index is 0.778. The average Bonchev–Trinajstić information content (AvgIpc) is 2.82. The van der Waals surface area contributed by atoms with Crippen molar-refractivity contribution in [3.05, 3.63) is 0 Å². The van der Waals surface area contributed by atoms with Crippen molar-refractivity contribution in [2.24, 2.45) is 11.3 Å². The second kappa shape index (κ2) is 5.61. The van der Waals surface area contributed by atoms with Crippen molar-refractivity contribution < 1.29 is 0 Å². The van der Waals surface area contributed by atoms with Crippen LogP contribution in [0.15, 0.2) is 0 Å². The molecule has 2 saturated carbocycles. The Morgan fingerprint density at radius 1 is 0.950 bits per heavy atom. The van der Waals surface area contributed by atoms with E-state index in [1.807, 2.05) is 0 Å². The van der Waals surface area contributed by atoms with Gasteiger partial charge in [-0.15, -0.1) is 0 Å². The maximum Gasteiger partial charge on any atom is 0.0101 e. The fourth-order valence-electron chi connectivity index (χ4n) is 4.59. The van der Waals surface area contributed by atoms with Crippen molar-refractivity contribution >= 4 is 0 Å². The van der Waals surface area contributed by atoms with Crippen molar-refractivity contribution in [3.63, 3.8) is 0 Å². The molecule has 2 heteroatoms. The van der Waals surface area contributed by atoms with E-state index in [4.69, 9.17) is 0 Å². The maximum absolute atomic E-state index is 2.67. The van der Waals surface area contributed by atoms with Crippen LogP contribution >= 0.6 is 0 Å². The van der Waals surface area contributed by atoms with Gasteiger partial charge in [0.1, 0.15) is 0 Å². The SMILES string of the molecule is CC(C)N1CC2CCC1C2.CC(C)N1CCC2(CC2)C1. The molecule has 2 aliphatic heterocycles. The summed E-state index contributed by atoms with van der Waals surface area (Å²) in [6.07, 6.45) is 8.98. The average molecular weight is 278 g/mol. The lowest BCUT2D eigenvalue weighted by Gasteiger charge is -2.30. The second-order valence-corrected chi connectivity index (χ2v) is 8.44. The third-order valence-electron chi connectivity index (χ3n) is 6.27. The quantitative estimate of drug-likeness (QED) is 0.759. The van der Waals surface area contributed by atoms with Gasteiger partial charge in [-0.2, -0.15) is 0 Å². The van der Waals surface area contributed by atoms with Gasteiger partial charge >= 0.3 is 0 Å². The van der Waals surface area contributed by atoms with Gasteiger partial charge in [0, 0.05) is 31.2 Å². The molecule has 2 bridgehead atoms. The van der Waals surface area contributed by atoms with Gasteiger partial charge in [0.2, 0.25) is 0 Å². The van der Waals surface area contributed by atoms with Crippen LogP contribution in [-0.4, -0.2) is 47.6 Å². The molecule has 1 spiro atoms. The number of hydrogen-bond acceptors (Lipinski definition) is 2. The van der Waals surface area contributed by atoms with Crippen LogP contribution in [0.4, 0.5) is 0 Å². The van der Waals surface area contributed by atoms with E-state index in [2.05, 4.69) is 37.5 Å². The van der Waals surface area contributed by atoms with Crippen LogP contribution in [0, 0.1) is 11.3 Å². The first-order valence-corrected chi connectivity index (χ1v) is 8.99. The molecule has 2 atom stereocenters. The molecule has 0 aromatic carbocycles. The zero-order valence-corrected chi connectivity index (χ0v) is 14.1. The highest BCUT2D eigenvalue weighted by Gasteiger charge is 2.47. The lowest BCUT2D eigenvalue weighted by molar-refractivity contribution is 0.170. The minimum absolute atomic E-state index is 0.778.